The number of nitrogens with two attached hydrogens (primary N) is 1. The van der Waals surface area contributed by atoms with Crippen molar-refractivity contribution in [2.75, 3.05) is 35.8 Å². The van der Waals surface area contributed by atoms with Crippen molar-refractivity contribution in [2.45, 2.75) is 39.5 Å². The van der Waals surface area contributed by atoms with Crippen molar-refractivity contribution in [1.29, 1.82) is 0 Å². The second-order valence-corrected chi connectivity index (χ2v) is 5.40. The maximum absolute atomic E-state index is 11.9. The van der Waals surface area contributed by atoms with Crippen LogP contribution < -0.4 is 21.5 Å². The lowest BCUT2D eigenvalue weighted by molar-refractivity contribution is -0.178. The third-order valence-corrected chi connectivity index (χ3v) is 3.49. The number of hydrogen-bond donors (Lipinski definition) is 3. The summed E-state index contributed by atoms with van der Waals surface area (Å²) < 4.78 is 15.9. The van der Waals surface area contributed by atoms with Crippen molar-refractivity contribution in [3.8, 4) is 0 Å². The molecule has 11 heteroatoms. The van der Waals surface area contributed by atoms with E-state index < -0.39 is 17.9 Å². The number of carbonyl (C=O) groups is 2. The average Bonchev–Trinajstić information content (AvgIpc) is 3.03. The van der Waals surface area contributed by atoms with Crippen LogP contribution in [-0.2, 0) is 23.8 Å². The highest BCUT2D eigenvalue weighted by Gasteiger charge is 2.32. The molecule has 2 rings (SSSR count). The van der Waals surface area contributed by atoms with Gasteiger partial charge in [0.15, 0.2) is 5.82 Å². The van der Waals surface area contributed by atoms with Gasteiger partial charge in [-0.3, -0.25) is 24.3 Å². The molecule has 2 heterocycles. The number of H-pyrrole nitrogens is 1. The van der Waals surface area contributed by atoms with E-state index in [1.54, 1.807) is 13.8 Å². The summed E-state index contributed by atoms with van der Waals surface area (Å²) in [6.07, 6.45) is -0.209. The Bertz CT molecular complexity index is 706. The Morgan fingerprint density at radius 2 is 2.00 bits per heavy atom. The highest BCUT2D eigenvalue weighted by molar-refractivity contribution is 5.72. The summed E-state index contributed by atoms with van der Waals surface area (Å²) in [7, 11) is 0. The van der Waals surface area contributed by atoms with Gasteiger partial charge < -0.3 is 25.3 Å². The molecule has 0 saturated heterocycles. The van der Waals surface area contributed by atoms with Crippen molar-refractivity contribution in [3.63, 3.8) is 0 Å². The summed E-state index contributed by atoms with van der Waals surface area (Å²) in [6.45, 7) is 3.88. The molecule has 0 saturated carbocycles. The van der Waals surface area contributed by atoms with Gasteiger partial charge in [-0.05, 0) is 0 Å². The summed E-state index contributed by atoms with van der Waals surface area (Å²) in [4.78, 5) is 42.7. The van der Waals surface area contributed by atoms with Crippen molar-refractivity contribution in [3.05, 3.63) is 10.4 Å². The van der Waals surface area contributed by atoms with E-state index in [9.17, 15) is 14.4 Å². The molecule has 0 aliphatic carbocycles. The molecule has 0 bridgehead atoms. The molecule has 0 amide bonds. The van der Waals surface area contributed by atoms with Gasteiger partial charge in [0.2, 0.25) is 5.95 Å². The lowest BCUT2D eigenvalue weighted by Crippen LogP contribution is -2.41. The van der Waals surface area contributed by atoms with Crippen LogP contribution in [0.5, 0.6) is 0 Å². The van der Waals surface area contributed by atoms with Crippen molar-refractivity contribution in [2.24, 2.45) is 0 Å². The Hall–Kier alpha value is -2.82. The Labute approximate surface area is 149 Å². The van der Waals surface area contributed by atoms with Crippen molar-refractivity contribution >= 4 is 29.4 Å². The van der Waals surface area contributed by atoms with Crippen molar-refractivity contribution < 1.29 is 23.8 Å². The number of aromatic amines is 1. The minimum absolute atomic E-state index is 0.0607. The third kappa shape index (κ3) is 4.85. The van der Waals surface area contributed by atoms with E-state index in [4.69, 9.17) is 19.9 Å². The molecule has 1 aromatic rings. The van der Waals surface area contributed by atoms with E-state index in [-0.39, 0.29) is 49.7 Å². The standard InChI is InChI=1S/C15H23N5O6/c1-3-9(21)24-6-5-7-25-15(26-10(22)4-2)20-8-17-11-12(20)18-14(16)19-13(11)23/h15,17H,3-8H2,1-2H3,(H3,16,18,19,23). The molecule has 4 N–H and O–H groups in total. The summed E-state index contributed by atoms with van der Waals surface area (Å²) >= 11 is 0. The Morgan fingerprint density at radius 3 is 2.69 bits per heavy atom. The summed E-state index contributed by atoms with van der Waals surface area (Å²) in [5.41, 5.74) is 5.38. The number of nitrogens with zero attached hydrogens (tertiary/aromatic N) is 2. The van der Waals surface area contributed by atoms with Crippen LogP contribution in [0.2, 0.25) is 0 Å². The Balaban J connectivity index is 2.03. The van der Waals surface area contributed by atoms with Gasteiger partial charge in [-0.15, -0.1) is 0 Å². The molecule has 0 radical (unpaired) electrons. The summed E-state index contributed by atoms with van der Waals surface area (Å²) in [5, 5.41) is 2.87. The quantitative estimate of drug-likeness (QED) is 0.311. The molecule has 0 aromatic carbocycles. The van der Waals surface area contributed by atoms with Crippen LogP contribution in [0, 0.1) is 0 Å². The first kappa shape index (κ1) is 19.5. The maximum atomic E-state index is 11.9. The number of carbonyl (C=O) groups excluding carboxylic acids is 2. The molecule has 144 valence electrons. The molecular weight excluding hydrogens is 346 g/mol. The Kier molecular flexibility index (Phi) is 6.78. The number of esters is 2. The van der Waals surface area contributed by atoms with Crippen LogP contribution in [0.15, 0.2) is 4.79 Å². The maximum Gasteiger partial charge on any atom is 0.309 e. The first-order valence-electron chi connectivity index (χ1n) is 8.33. The van der Waals surface area contributed by atoms with Gasteiger partial charge in [0.25, 0.3) is 12.0 Å². The van der Waals surface area contributed by atoms with Crippen LogP contribution in [0.25, 0.3) is 0 Å². The molecule has 0 spiro atoms. The van der Waals surface area contributed by atoms with E-state index in [2.05, 4.69) is 15.3 Å². The fraction of sp³-hybridized carbons (Fsp3) is 0.600. The van der Waals surface area contributed by atoms with Crippen LogP contribution in [0.1, 0.15) is 33.1 Å². The van der Waals surface area contributed by atoms with Crippen LogP contribution >= 0.6 is 0 Å². The molecule has 1 unspecified atom stereocenters. The molecule has 11 nitrogen and oxygen atoms in total. The first-order valence-corrected chi connectivity index (χ1v) is 8.33. The van der Waals surface area contributed by atoms with Gasteiger partial charge >= 0.3 is 11.9 Å². The second kappa shape index (κ2) is 9.04. The van der Waals surface area contributed by atoms with E-state index >= 15 is 0 Å². The van der Waals surface area contributed by atoms with Gasteiger partial charge in [-0.2, -0.15) is 4.98 Å². The highest BCUT2D eigenvalue weighted by atomic mass is 16.7. The summed E-state index contributed by atoms with van der Waals surface area (Å²) in [5.74, 6) is -0.596. The fourth-order valence-electron chi connectivity index (χ4n) is 2.17. The van der Waals surface area contributed by atoms with Gasteiger partial charge in [0, 0.05) is 19.3 Å². The van der Waals surface area contributed by atoms with Crippen molar-refractivity contribution in [1.82, 2.24) is 9.97 Å². The minimum Gasteiger partial charge on any atom is -0.466 e. The number of hydrogen-bond acceptors (Lipinski definition) is 10. The number of nitrogens with one attached hydrogen (secondary N) is 2. The lowest BCUT2D eigenvalue weighted by atomic mass is 10.4. The first-order chi connectivity index (χ1) is 12.5. The number of rotatable bonds is 9. The largest absolute Gasteiger partial charge is 0.466 e. The van der Waals surface area contributed by atoms with Gasteiger partial charge in [-0.1, -0.05) is 13.8 Å². The predicted molar refractivity (Wildman–Crippen MR) is 92.2 cm³/mol. The predicted octanol–water partition coefficient (Wildman–Crippen LogP) is 0.138. The normalized spacial score (nSPS) is 13.7. The molecule has 1 atom stereocenters. The fourth-order valence-corrected chi connectivity index (χ4v) is 2.17. The number of fused-ring (bicyclic) bond motifs is 1. The molecule has 0 fully saturated rings. The third-order valence-electron chi connectivity index (χ3n) is 3.49. The zero-order chi connectivity index (χ0) is 19.1. The minimum atomic E-state index is -1.09. The zero-order valence-corrected chi connectivity index (χ0v) is 14.7. The molecule has 1 aliphatic heterocycles. The van der Waals surface area contributed by atoms with Gasteiger partial charge in [0.1, 0.15) is 5.69 Å². The second-order valence-electron chi connectivity index (χ2n) is 5.40. The molecule has 26 heavy (non-hydrogen) atoms. The SMILES string of the molecule is CCC(=O)OCCCOC(OC(=O)CC)N1CNc2c1nc(N)[nH]c2=O. The monoisotopic (exact) mass is 369 g/mol. The molecule has 1 aliphatic rings. The van der Waals surface area contributed by atoms with E-state index in [0.717, 1.165) is 0 Å². The number of ether oxygens (including phenoxy) is 3. The zero-order valence-electron chi connectivity index (χ0n) is 14.7. The van der Waals surface area contributed by atoms with Gasteiger partial charge in [0.05, 0.1) is 19.9 Å². The Morgan fingerprint density at radius 1 is 1.27 bits per heavy atom. The van der Waals surface area contributed by atoms with Crippen LogP contribution in [0.3, 0.4) is 0 Å². The van der Waals surface area contributed by atoms with E-state index in [1.165, 1.54) is 4.90 Å². The molecule has 1 aromatic heterocycles. The highest BCUT2D eigenvalue weighted by Crippen LogP contribution is 2.28. The van der Waals surface area contributed by atoms with E-state index in [1.807, 2.05) is 0 Å². The van der Waals surface area contributed by atoms with E-state index in [0.29, 0.717) is 12.8 Å². The number of aromatic nitrogens is 2. The smallest absolute Gasteiger partial charge is 0.309 e. The number of nitrogen functional groups attached to an aromatic ring is 1. The van der Waals surface area contributed by atoms with Gasteiger partial charge in [-0.25, -0.2) is 0 Å². The van der Waals surface area contributed by atoms with Crippen LogP contribution in [-0.4, -0.2) is 48.2 Å². The number of anilines is 3. The summed E-state index contributed by atoms with van der Waals surface area (Å²) in [6, 6.07) is 0. The lowest BCUT2D eigenvalue weighted by Gasteiger charge is -2.27. The topological polar surface area (TPSA) is 149 Å². The molecular formula is C15H23N5O6. The van der Waals surface area contributed by atoms with Crippen LogP contribution in [0.4, 0.5) is 17.5 Å². The average molecular weight is 369 g/mol.